The van der Waals surface area contributed by atoms with Crippen LogP contribution in [-0.2, 0) is 26.0 Å². The number of hydrogen-bond acceptors (Lipinski definition) is 7. The number of carbonyl (C=O) groups is 1. The first-order chi connectivity index (χ1) is 17.2. The van der Waals surface area contributed by atoms with Crippen LogP contribution in [0, 0.1) is 6.92 Å². The van der Waals surface area contributed by atoms with Crippen molar-refractivity contribution in [3.63, 3.8) is 0 Å². The molecular weight excluding hydrogens is 502 g/mol. The molecule has 36 heavy (non-hydrogen) atoms. The summed E-state index contributed by atoms with van der Waals surface area (Å²) in [5, 5.41) is 3.55. The molecule has 0 heterocycles. The van der Waals surface area contributed by atoms with Gasteiger partial charge in [-0.05, 0) is 54.8 Å². The van der Waals surface area contributed by atoms with E-state index in [0.29, 0.717) is 18.8 Å². The van der Waals surface area contributed by atoms with E-state index in [1.807, 2.05) is 31.2 Å². The number of hydrazone groups is 1. The summed E-state index contributed by atoms with van der Waals surface area (Å²) in [5.41, 5.74) is 2.96. The van der Waals surface area contributed by atoms with E-state index >= 15 is 0 Å². The summed E-state index contributed by atoms with van der Waals surface area (Å²) in [4.78, 5) is 12.3. The van der Waals surface area contributed by atoms with Crippen LogP contribution in [0.2, 0.25) is 5.02 Å². The quantitative estimate of drug-likeness (QED) is 0.181. The minimum absolute atomic E-state index is 0.0486. The van der Waals surface area contributed by atoms with Crippen molar-refractivity contribution in [2.45, 2.75) is 31.2 Å². The van der Waals surface area contributed by atoms with Gasteiger partial charge in [0, 0.05) is 12.5 Å². The number of nitrogens with zero attached hydrogens (tertiary/aromatic N) is 2. The number of ether oxygens (including phenoxy) is 2. The highest BCUT2D eigenvalue weighted by Gasteiger charge is 2.35. The number of nitrogens with two attached hydrogens (primary N) is 1. The molecule has 0 bridgehead atoms. The van der Waals surface area contributed by atoms with Crippen molar-refractivity contribution < 1.29 is 22.7 Å². The van der Waals surface area contributed by atoms with Gasteiger partial charge in [0.05, 0.1) is 30.6 Å². The minimum Gasteiger partial charge on any atom is -0.493 e. The summed E-state index contributed by atoms with van der Waals surface area (Å²) < 4.78 is 39.2. The van der Waals surface area contributed by atoms with Gasteiger partial charge in [-0.2, -0.15) is 5.10 Å². The lowest BCUT2D eigenvalue weighted by Gasteiger charge is -2.29. The van der Waals surface area contributed by atoms with E-state index in [9.17, 15) is 13.2 Å². The van der Waals surface area contributed by atoms with Gasteiger partial charge in [0.1, 0.15) is 16.7 Å². The minimum atomic E-state index is -4.22. The highest BCUT2D eigenvalue weighted by atomic mass is 35.5. The maximum atomic E-state index is 13.7. The van der Waals surface area contributed by atoms with Gasteiger partial charge in [-0.15, -0.1) is 0 Å². The number of rotatable bonds is 10. The Kier molecular flexibility index (Phi) is 8.95. The van der Waals surface area contributed by atoms with Crippen LogP contribution in [0.1, 0.15) is 23.6 Å². The maximum Gasteiger partial charge on any atom is 0.329 e. The number of sulfonamides is 1. The Morgan fingerprint density at radius 3 is 2.47 bits per heavy atom. The highest BCUT2D eigenvalue weighted by molar-refractivity contribution is 7.93. The SMILES string of the molecule is COC(=O)C(C)N(c1cc(C)cc(OCCc2ccc(C=NN)cc2)c1)S(=O)(=O)c1ccccc1Cl. The summed E-state index contributed by atoms with van der Waals surface area (Å²) in [6.45, 7) is 3.64. The van der Waals surface area contributed by atoms with Gasteiger partial charge in [-0.1, -0.05) is 48.0 Å². The monoisotopic (exact) mass is 529 g/mol. The highest BCUT2D eigenvalue weighted by Crippen LogP contribution is 2.33. The normalized spacial score (nSPS) is 12.3. The molecule has 10 heteroatoms. The van der Waals surface area contributed by atoms with E-state index in [2.05, 4.69) is 5.10 Å². The molecule has 3 aromatic rings. The lowest BCUT2D eigenvalue weighted by molar-refractivity contribution is -0.141. The van der Waals surface area contributed by atoms with Crippen molar-refractivity contribution in [3.05, 3.63) is 88.4 Å². The summed E-state index contributed by atoms with van der Waals surface area (Å²) in [6.07, 6.45) is 2.19. The molecule has 1 atom stereocenters. The molecule has 3 rings (SSSR count). The fourth-order valence-corrected chi connectivity index (χ4v) is 5.77. The number of aryl methyl sites for hydroxylation is 1. The number of halogens is 1. The Labute approximate surface area is 216 Å². The van der Waals surface area contributed by atoms with Crippen LogP contribution >= 0.6 is 11.6 Å². The van der Waals surface area contributed by atoms with Gasteiger partial charge in [-0.3, -0.25) is 4.31 Å². The molecule has 0 fully saturated rings. The van der Waals surface area contributed by atoms with Crippen molar-refractivity contribution in [1.29, 1.82) is 0 Å². The van der Waals surface area contributed by atoms with Crippen LogP contribution in [0.3, 0.4) is 0 Å². The zero-order chi connectivity index (χ0) is 26.3. The first-order valence-electron chi connectivity index (χ1n) is 11.1. The third-order valence-corrected chi connectivity index (χ3v) is 7.82. The second kappa shape index (κ2) is 11.9. The average Bonchev–Trinajstić information content (AvgIpc) is 2.84. The first-order valence-corrected chi connectivity index (χ1v) is 12.9. The molecule has 0 spiro atoms. The molecule has 8 nitrogen and oxygen atoms in total. The Hall–Kier alpha value is -3.56. The number of carbonyl (C=O) groups excluding carboxylic acids is 1. The summed E-state index contributed by atoms with van der Waals surface area (Å²) in [5.74, 6) is 4.93. The molecule has 0 aliphatic rings. The molecule has 0 saturated carbocycles. The standard InChI is InChI=1S/C26H28ClN3O5S/c1-18-14-22(16-23(15-18)35-13-12-20-8-10-21(11-9-20)17-29-28)30(19(2)26(31)34-3)36(32,33)25-7-5-4-6-24(25)27/h4-11,14-17,19H,12-13,28H2,1-3H3. The van der Waals surface area contributed by atoms with Gasteiger partial charge in [0.2, 0.25) is 0 Å². The Morgan fingerprint density at radius 2 is 1.83 bits per heavy atom. The number of esters is 1. The first kappa shape index (κ1) is 27.0. The number of anilines is 1. The van der Waals surface area contributed by atoms with Crippen LogP contribution in [-0.4, -0.2) is 40.4 Å². The van der Waals surface area contributed by atoms with Crippen LogP contribution < -0.4 is 14.9 Å². The van der Waals surface area contributed by atoms with Crippen molar-refractivity contribution in [2.24, 2.45) is 10.9 Å². The number of benzene rings is 3. The van der Waals surface area contributed by atoms with Crippen LogP contribution in [0.15, 0.2) is 76.7 Å². The van der Waals surface area contributed by atoms with Gasteiger partial charge in [0.15, 0.2) is 0 Å². The molecule has 0 aliphatic heterocycles. The molecule has 0 saturated heterocycles. The molecule has 0 amide bonds. The summed E-state index contributed by atoms with van der Waals surface area (Å²) >= 11 is 6.21. The van der Waals surface area contributed by atoms with Crippen molar-refractivity contribution in [3.8, 4) is 5.75 Å². The molecule has 2 N–H and O–H groups in total. The van der Waals surface area contributed by atoms with Gasteiger partial charge >= 0.3 is 5.97 Å². The van der Waals surface area contributed by atoms with E-state index in [1.54, 1.807) is 36.5 Å². The smallest absolute Gasteiger partial charge is 0.329 e. The second-order valence-corrected chi connectivity index (χ2v) is 10.2. The molecule has 1 unspecified atom stereocenters. The molecule has 0 radical (unpaired) electrons. The summed E-state index contributed by atoms with van der Waals surface area (Å²) in [7, 11) is -3.01. The third-order valence-electron chi connectivity index (χ3n) is 5.42. The Bertz CT molecular complexity index is 1340. The Morgan fingerprint density at radius 1 is 1.14 bits per heavy atom. The predicted octanol–water partition coefficient (Wildman–Crippen LogP) is 4.32. The van der Waals surface area contributed by atoms with E-state index in [4.69, 9.17) is 26.9 Å². The molecule has 0 aliphatic carbocycles. The molecular formula is C26H28ClN3O5S. The fourth-order valence-electron chi connectivity index (χ4n) is 3.68. The van der Waals surface area contributed by atoms with Crippen LogP contribution in [0.4, 0.5) is 5.69 Å². The fraction of sp³-hybridized carbons (Fsp3) is 0.231. The van der Waals surface area contributed by atoms with Crippen molar-refractivity contribution in [2.75, 3.05) is 18.0 Å². The van der Waals surface area contributed by atoms with Crippen LogP contribution in [0.5, 0.6) is 5.75 Å². The lowest BCUT2D eigenvalue weighted by Crippen LogP contribution is -2.44. The number of methoxy groups -OCH3 is 1. The predicted molar refractivity (Wildman–Crippen MR) is 141 cm³/mol. The van der Waals surface area contributed by atoms with Gasteiger partial charge in [-0.25, -0.2) is 13.2 Å². The summed E-state index contributed by atoms with van der Waals surface area (Å²) in [6, 6.07) is 17.7. The van der Waals surface area contributed by atoms with Gasteiger partial charge in [0.25, 0.3) is 10.0 Å². The third kappa shape index (κ3) is 6.35. The van der Waals surface area contributed by atoms with E-state index in [-0.39, 0.29) is 15.6 Å². The van der Waals surface area contributed by atoms with E-state index in [1.165, 1.54) is 26.2 Å². The van der Waals surface area contributed by atoms with E-state index < -0.39 is 22.0 Å². The van der Waals surface area contributed by atoms with E-state index in [0.717, 1.165) is 21.0 Å². The lowest BCUT2D eigenvalue weighted by atomic mass is 10.1. The van der Waals surface area contributed by atoms with Crippen molar-refractivity contribution >= 4 is 39.5 Å². The largest absolute Gasteiger partial charge is 0.493 e. The molecule has 0 aromatic heterocycles. The molecule has 3 aromatic carbocycles. The van der Waals surface area contributed by atoms with Gasteiger partial charge < -0.3 is 15.3 Å². The second-order valence-electron chi connectivity index (χ2n) is 8.05. The Balaban J connectivity index is 1.91. The zero-order valence-electron chi connectivity index (χ0n) is 20.2. The average molecular weight is 530 g/mol. The topological polar surface area (TPSA) is 111 Å². The molecule has 190 valence electrons. The van der Waals surface area contributed by atoms with Crippen molar-refractivity contribution in [1.82, 2.24) is 0 Å². The zero-order valence-corrected chi connectivity index (χ0v) is 21.8. The number of hydrogen-bond donors (Lipinski definition) is 1. The van der Waals surface area contributed by atoms with Crippen LogP contribution in [0.25, 0.3) is 0 Å². The maximum absolute atomic E-state index is 13.7.